The van der Waals surface area contributed by atoms with E-state index in [0.717, 1.165) is 12.8 Å². The van der Waals surface area contributed by atoms with Crippen LogP contribution in [0.3, 0.4) is 0 Å². The van der Waals surface area contributed by atoms with E-state index in [2.05, 4.69) is 0 Å². The molecule has 5 nitrogen and oxygen atoms in total. The topological polar surface area (TPSA) is 64.8 Å². The minimum absolute atomic E-state index is 0.00793. The van der Waals surface area contributed by atoms with Crippen LogP contribution in [0.1, 0.15) is 63.5 Å². The van der Waals surface area contributed by atoms with Crippen molar-refractivity contribution in [3.63, 3.8) is 0 Å². The SMILES string of the molecule is CC(C)(C)OC(=O)N1C2CC[C@H]1CC(c1cc3c(c(F)c1F)C[C@@H](N)CO3)C2. The van der Waals surface area contributed by atoms with Crippen molar-refractivity contribution in [1.29, 1.82) is 0 Å². The largest absolute Gasteiger partial charge is 0.492 e. The van der Waals surface area contributed by atoms with Gasteiger partial charge < -0.3 is 20.1 Å². The van der Waals surface area contributed by atoms with E-state index in [1.807, 2.05) is 25.7 Å². The lowest BCUT2D eigenvalue weighted by atomic mass is 9.83. The maximum absolute atomic E-state index is 14.9. The van der Waals surface area contributed by atoms with E-state index in [9.17, 15) is 13.6 Å². The summed E-state index contributed by atoms with van der Waals surface area (Å²) < 4.78 is 40.7. The molecule has 154 valence electrons. The molecule has 3 heterocycles. The Morgan fingerprint density at radius 1 is 1.21 bits per heavy atom. The van der Waals surface area contributed by atoms with E-state index < -0.39 is 17.2 Å². The number of nitrogens with zero attached hydrogens (tertiary/aromatic N) is 1. The van der Waals surface area contributed by atoms with Gasteiger partial charge >= 0.3 is 6.09 Å². The highest BCUT2D eigenvalue weighted by Gasteiger charge is 2.46. The van der Waals surface area contributed by atoms with Crippen molar-refractivity contribution in [1.82, 2.24) is 4.90 Å². The second-order valence-electron chi connectivity index (χ2n) is 9.29. The Balaban J connectivity index is 1.57. The first-order chi connectivity index (χ1) is 13.1. The number of hydrogen-bond acceptors (Lipinski definition) is 4. The number of amides is 1. The number of hydrogen-bond donors (Lipinski definition) is 1. The van der Waals surface area contributed by atoms with Gasteiger partial charge in [0.05, 0.1) is 0 Å². The Hall–Kier alpha value is -1.89. The summed E-state index contributed by atoms with van der Waals surface area (Å²) in [6.45, 7) is 5.84. The monoisotopic (exact) mass is 394 g/mol. The first-order valence-corrected chi connectivity index (χ1v) is 10.0. The van der Waals surface area contributed by atoms with Crippen molar-refractivity contribution in [2.45, 2.75) is 82.5 Å². The van der Waals surface area contributed by atoms with E-state index in [1.54, 1.807) is 6.07 Å². The Bertz CT molecular complexity index is 779. The molecule has 0 aromatic heterocycles. The predicted molar refractivity (Wildman–Crippen MR) is 100 cm³/mol. The molecule has 3 aliphatic heterocycles. The highest BCUT2D eigenvalue weighted by Crippen LogP contribution is 2.46. The van der Waals surface area contributed by atoms with Crippen LogP contribution in [0.25, 0.3) is 0 Å². The van der Waals surface area contributed by atoms with Crippen molar-refractivity contribution in [3.05, 3.63) is 28.8 Å². The lowest BCUT2D eigenvalue weighted by molar-refractivity contribution is 0.00571. The van der Waals surface area contributed by atoms with Gasteiger partial charge in [-0.15, -0.1) is 0 Å². The van der Waals surface area contributed by atoms with Crippen LogP contribution in [0.2, 0.25) is 0 Å². The summed E-state index contributed by atoms with van der Waals surface area (Å²) in [5, 5.41) is 0. The highest BCUT2D eigenvalue weighted by molar-refractivity contribution is 5.69. The molecule has 2 bridgehead atoms. The zero-order valence-corrected chi connectivity index (χ0v) is 16.6. The fourth-order valence-corrected chi connectivity index (χ4v) is 4.84. The second-order valence-corrected chi connectivity index (χ2v) is 9.29. The van der Waals surface area contributed by atoms with Gasteiger partial charge in [0.1, 0.15) is 18.0 Å². The van der Waals surface area contributed by atoms with Gasteiger partial charge in [-0.1, -0.05) is 0 Å². The van der Waals surface area contributed by atoms with Gasteiger partial charge in [-0.25, -0.2) is 13.6 Å². The molecule has 0 saturated carbocycles. The van der Waals surface area contributed by atoms with Crippen molar-refractivity contribution >= 4 is 6.09 Å². The molecule has 0 aliphatic carbocycles. The van der Waals surface area contributed by atoms with Crippen molar-refractivity contribution in [2.24, 2.45) is 5.73 Å². The van der Waals surface area contributed by atoms with Crippen LogP contribution in [-0.2, 0) is 11.2 Å². The molecule has 0 spiro atoms. The molecule has 4 rings (SSSR count). The van der Waals surface area contributed by atoms with Gasteiger partial charge in [0.2, 0.25) is 0 Å². The predicted octanol–water partition coefficient (Wildman–Crippen LogP) is 3.87. The molecule has 1 aromatic rings. The maximum Gasteiger partial charge on any atom is 0.410 e. The van der Waals surface area contributed by atoms with Crippen LogP contribution in [-0.4, -0.2) is 41.3 Å². The Morgan fingerprint density at radius 3 is 2.46 bits per heavy atom. The fraction of sp³-hybridized carbons (Fsp3) is 0.667. The summed E-state index contributed by atoms with van der Waals surface area (Å²) in [7, 11) is 0. The average Bonchev–Trinajstić information content (AvgIpc) is 2.87. The summed E-state index contributed by atoms with van der Waals surface area (Å²) in [6.07, 6.45) is 2.89. The number of carbonyl (C=O) groups is 1. The fourth-order valence-electron chi connectivity index (χ4n) is 4.84. The number of carbonyl (C=O) groups excluding carboxylic acids is 1. The quantitative estimate of drug-likeness (QED) is 0.785. The summed E-state index contributed by atoms with van der Waals surface area (Å²) >= 11 is 0. The lowest BCUT2D eigenvalue weighted by Crippen LogP contribution is -2.48. The Labute approximate surface area is 164 Å². The third-order valence-corrected chi connectivity index (χ3v) is 5.99. The molecule has 7 heteroatoms. The minimum Gasteiger partial charge on any atom is -0.492 e. The van der Waals surface area contributed by atoms with Crippen molar-refractivity contribution in [3.8, 4) is 5.75 Å². The summed E-state index contributed by atoms with van der Waals surface area (Å²) in [6, 6.07) is 1.31. The maximum atomic E-state index is 14.9. The van der Waals surface area contributed by atoms with Gasteiger partial charge in [-0.05, 0) is 70.4 Å². The molecule has 3 aliphatic rings. The molecule has 2 unspecified atom stereocenters. The number of rotatable bonds is 1. The van der Waals surface area contributed by atoms with Gasteiger partial charge in [0.25, 0.3) is 0 Å². The normalized spacial score (nSPS) is 29.3. The molecule has 2 N–H and O–H groups in total. The summed E-state index contributed by atoms with van der Waals surface area (Å²) in [5.41, 5.74) is 5.85. The van der Waals surface area contributed by atoms with Crippen LogP contribution < -0.4 is 10.5 Å². The Morgan fingerprint density at radius 2 is 1.86 bits per heavy atom. The molecule has 2 fully saturated rings. The molecule has 28 heavy (non-hydrogen) atoms. The summed E-state index contributed by atoms with van der Waals surface area (Å²) in [5.74, 6) is -1.39. The van der Waals surface area contributed by atoms with E-state index in [0.29, 0.717) is 30.8 Å². The highest BCUT2D eigenvalue weighted by atomic mass is 19.2. The molecule has 1 amide bonds. The molecular formula is C21H28F2N2O3. The van der Waals surface area contributed by atoms with Gasteiger partial charge in [-0.2, -0.15) is 0 Å². The van der Waals surface area contributed by atoms with E-state index in [4.69, 9.17) is 15.2 Å². The first-order valence-electron chi connectivity index (χ1n) is 10.0. The number of fused-ring (bicyclic) bond motifs is 3. The third-order valence-electron chi connectivity index (χ3n) is 5.99. The molecule has 4 atom stereocenters. The first kappa shape index (κ1) is 19.4. The number of benzene rings is 1. The van der Waals surface area contributed by atoms with E-state index >= 15 is 0 Å². The number of ether oxygens (including phenoxy) is 2. The minimum atomic E-state index is -0.843. The Kier molecular flexibility index (Phi) is 4.76. The van der Waals surface area contributed by atoms with E-state index in [1.165, 1.54) is 0 Å². The number of halogens is 2. The van der Waals surface area contributed by atoms with Gasteiger partial charge in [-0.3, -0.25) is 0 Å². The summed E-state index contributed by atoms with van der Waals surface area (Å²) in [4.78, 5) is 14.4. The number of nitrogens with two attached hydrogens (primary N) is 1. The molecule has 2 saturated heterocycles. The van der Waals surface area contributed by atoms with Crippen molar-refractivity contribution in [2.75, 3.05) is 6.61 Å². The smallest absolute Gasteiger partial charge is 0.410 e. The van der Waals surface area contributed by atoms with Crippen LogP contribution in [0, 0.1) is 11.6 Å². The molecule has 0 radical (unpaired) electrons. The second kappa shape index (κ2) is 6.87. The van der Waals surface area contributed by atoms with Gasteiger partial charge in [0.15, 0.2) is 11.6 Å². The van der Waals surface area contributed by atoms with Crippen LogP contribution in [0.15, 0.2) is 6.07 Å². The zero-order valence-electron chi connectivity index (χ0n) is 16.6. The van der Waals surface area contributed by atoms with Crippen molar-refractivity contribution < 1.29 is 23.0 Å². The lowest BCUT2D eigenvalue weighted by Gasteiger charge is -2.40. The van der Waals surface area contributed by atoms with E-state index in [-0.39, 0.29) is 42.1 Å². The number of piperidine rings is 1. The standard InChI is InChI=1S/C21H28F2N2O3/c1-21(2,3)28-20(26)25-13-4-5-14(25)7-11(6-13)15-9-17-16(19(23)18(15)22)8-12(24)10-27-17/h9,11-14H,4-8,10,24H2,1-3H3/t11?,12-,13+,14?/m1/s1. The average molecular weight is 394 g/mol. The zero-order chi connectivity index (χ0) is 20.2. The van der Waals surface area contributed by atoms with Crippen LogP contribution >= 0.6 is 0 Å². The molecule has 1 aromatic carbocycles. The van der Waals surface area contributed by atoms with Gasteiger partial charge in [0, 0.05) is 23.7 Å². The third kappa shape index (κ3) is 3.45. The molecular weight excluding hydrogens is 366 g/mol. The van der Waals surface area contributed by atoms with Crippen LogP contribution in [0.4, 0.5) is 13.6 Å². The van der Waals surface area contributed by atoms with Crippen LogP contribution in [0.5, 0.6) is 5.75 Å².